The minimum atomic E-state index is 0.129. The Hall–Kier alpha value is -2.95. The van der Waals surface area contributed by atoms with Crippen LogP contribution in [-0.2, 0) is 11.2 Å². The number of nitrogens with one attached hydrogen (secondary N) is 1. The molecule has 1 unspecified atom stereocenters. The number of aromatic nitrogens is 1. The first-order chi connectivity index (χ1) is 13.6. The molecule has 1 fully saturated rings. The Morgan fingerprint density at radius 3 is 2.68 bits per heavy atom. The van der Waals surface area contributed by atoms with Gasteiger partial charge in [0.2, 0.25) is 5.91 Å². The van der Waals surface area contributed by atoms with Gasteiger partial charge in [-0.2, -0.15) is 0 Å². The lowest BCUT2D eigenvalue weighted by Gasteiger charge is -2.26. The standard InChI is InChI=1S/C23H26N2O3/c1-15-23(17-6-4-5-7-18(17)24-15)19-9-11-22(26)25(19)13-12-16-8-10-20(27-2)21(14-16)28-3/h4-8,10,14,19,24H,9,11-13H2,1-3H3. The van der Waals surface area contributed by atoms with Crippen molar-refractivity contribution in [1.29, 1.82) is 0 Å². The van der Waals surface area contributed by atoms with E-state index >= 15 is 0 Å². The average Bonchev–Trinajstić information content (AvgIpc) is 3.24. The van der Waals surface area contributed by atoms with E-state index in [1.54, 1.807) is 14.2 Å². The Balaban J connectivity index is 1.58. The van der Waals surface area contributed by atoms with Gasteiger partial charge >= 0.3 is 0 Å². The molecule has 0 aliphatic carbocycles. The van der Waals surface area contributed by atoms with Crippen molar-refractivity contribution in [2.45, 2.75) is 32.2 Å². The third-order valence-corrected chi connectivity index (χ3v) is 5.69. The number of nitrogens with zero attached hydrogens (tertiary/aromatic N) is 1. The van der Waals surface area contributed by atoms with E-state index in [0.29, 0.717) is 13.0 Å². The van der Waals surface area contributed by atoms with Gasteiger partial charge in [-0.15, -0.1) is 0 Å². The van der Waals surface area contributed by atoms with E-state index in [1.165, 1.54) is 10.9 Å². The van der Waals surface area contributed by atoms with E-state index in [9.17, 15) is 4.79 Å². The second-order valence-corrected chi connectivity index (χ2v) is 7.29. The van der Waals surface area contributed by atoms with Crippen molar-refractivity contribution in [3.63, 3.8) is 0 Å². The molecular weight excluding hydrogens is 352 g/mol. The van der Waals surface area contributed by atoms with Crippen molar-refractivity contribution in [1.82, 2.24) is 9.88 Å². The number of aromatic amines is 1. The summed E-state index contributed by atoms with van der Waals surface area (Å²) in [4.78, 5) is 18.2. The normalized spacial score (nSPS) is 16.8. The summed E-state index contributed by atoms with van der Waals surface area (Å²) in [5.41, 5.74) is 4.67. The molecule has 28 heavy (non-hydrogen) atoms. The molecule has 1 saturated heterocycles. The van der Waals surface area contributed by atoms with Gasteiger partial charge in [-0.3, -0.25) is 4.79 Å². The number of rotatable bonds is 6. The summed E-state index contributed by atoms with van der Waals surface area (Å²) >= 11 is 0. The van der Waals surface area contributed by atoms with Crippen molar-refractivity contribution in [2.24, 2.45) is 0 Å². The fourth-order valence-corrected chi connectivity index (χ4v) is 4.33. The van der Waals surface area contributed by atoms with Crippen molar-refractivity contribution < 1.29 is 14.3 Å². The predicted molar refractivity (Wildman–Crippen MR) is 110 cm³/mol. The van der Waals surface area contributed by atoms with Crippen molar-refractivity contribution in [2.75, 3.05) is 20.8 Å². The molecular formula is C23H26N2O3. The molecule has 5 heteroatoms. The number of benzene rings is 2. The molecule has 0 bridgehead atoms. The number of amides is 1. The van der Waals surface area contributed by atoms with Gasteiger partial charge in [0.05, 0.1) is 20.3 Å². The molecule has 2 heterocycles. The second-order valence-electron chi connectivity index (χ2n) is 7.29. The molecule has 4 rings (SSSR count). The molecule has 146 valence electrons. The molecule has 1 aromatic heterocycles. The smallest absolute Gasteiger partial charge is 0.223 e. The lowest BCUT2D eigenvalue weighted by atomic mass is 10.0. The van der Waals surface area contributed by atoms with Crippen LogP contribution in [0.3, 0.4) is 0 Å². The van der Waals surface area contributed by atoms with Crippen molar-refractivity contribution >= 4 is 16.8 Å². The maximum atomic E-state index is 12.6. The highest BCUT2D eigenvalue weighted by Crippen LogP contribution is 2.39. The quantitative estimate of drug-likeness (QED) is 0.692. The minimum Gasteiger partial charge on any atom is -0.493 e. The molecule has 3 aromatic rings. The van der Waals surface area contributed by atoms with E-state index in [1.807, 2.05) is 29.2 Å². The summed E-state index contributed by atoms with van der Waals surface area (Å²) < 4.78 is 10.7. The number of aryl methyl sites for hydroxylation is 1. The van der Waals surface area contributed by atoms with Crippen LogP contribution < -0.4 is 9.47 Å². The maximum absolute atomic E-state index is 12.6. The molecule has 0 radical (unpaired) electrons. The molecule has 2 aromatic carbocycles. The summed E-state index contributed by atoms with van der Waals surface area (Å²) in [7, 11) is 3.27. The summed E-state index contributed by atoms with van der Waals surface area (Å²) in [5.74, 6) is 1.67. The van der Waals surface area contributed by atoms with Gasteiger partial charge in [-0.1, -0.05) is 24.3 Å². The van der Waals surface area contributed by atoms with E-state index < -0.39 is 0 Å². The SMILES string of the molecule is COc1ccc(CCN2C(=O)CCC2c2c(C)[nH]c3ccccc23)cc1OC. The van der Waals surface area contributed by atoms with Crippen LogP contribution in [0.25, 0.3) is 10.9 Å². The van der Waals surface area contributed by atoms with Gasteiger partial charge in [-0.25, -0.2) is 0 Å². The van der Waals surface area contributed by atoms with Crippen molar-refractivity contribution in [3.05, 3.63) is 59.3 Å². The van der Waals surface area contributed by atoms with Gasteiger partial charge in [0.1, 0.15) is 0 Å². The zero-order valence-electron chi connectivity index (χ0n) is 16.6. The molecule has 1 N–H and O–H groups in total. The Morgan fingerprint density at radius 1 is 1.11 bits per heavy atom. The first-order valence-electron chi connectivity index (χ1n) is 9.70. The number of methoxy groups -OCH3 is 2. The molecule has 0 spiro atoms. The molecule has 0 saturated carbocycles. The zero-order valence-corrected chi connectivity index (χ0v) is 16.6. The Morgan fingerprint density at radius 2 is 1.89 bits per heavy atom. The molecule has 1 aliphatic heterocycles. The van der Waals surface area contributed by atoms with Crippen LogP contribution in [0, 0.1) is 6.92 Å². The number of carbonyl (C=O) groups excluding carboxylic acids is 1. The minimum absolute atomic E-state index is 0.129. The third-order valence-electron chi connectivity index (χ3n) is 5.69. The molecule has 1 aliphatic rings. The topological polar surface area (TPSA) is 54.6 Å². The largest absolute Gasteiger partial charge is 0.493 e. The predicted octanol–water partition coefficient (Wildman–Crippen LogP) is 4.40. The van der Waals surface area contributed by atoms with Gasteiger partial charge in [0, 0.05) is 35.1 Å². The summed E-state index contributed by atoms with van der Waals surface area (Å²) in [6, 6.07) is 14.4. The van der Waals surface area contributed by atoms with Crippen LogP contribution >= 0.6 is 0 Å². The zero-order chi connectivity index (χ0) is 19.7. The fourth-order valence-electron chi connectivity index (χ4n) is 4.33. The number of likely N-dealkylation sites (tertiary alicyclic amines) is 1. The lowest BCUT2D eigenvalue weighted by molar-refractivity contribution is -0.129. The van der Waals surface area contributed by atoms with Crippen LogP contribution in [0.15, 0.2) is 42.5 Å². The number of H-pyrrole nitrogens is 1. The second kappa shape index (κ2) is 7.58. The van der Waals surface area contributed by atoms with Crippen molar-refractivity contribution in [3.8, 4) is 11.5 Å². The number of hydrogen-bond donors (Lipinski definition) is 1. The maximum Gasteiger partial charge on any atom is 0.223 e. The van der Waals surface area contributed by atoms with Gasteiger partial charge in [-0.05, 0) is 43.5 Å². The molecule has 1 atom stereocenters. The Labute approximate surface area is 165 Å². The van der Waals surface area contributed by atoms with E-state index in [0.717, 1.165) is 41.1 Å². The average molecular weight is 378 g/mol. The fraction of sp³-hybridized carbons (Fsp3) is 0.348. The highest BCUT2D eigenvalue weighted by Gasteiger charge is 2.34. The van der Waals surface area contributed by atoms with Crippen LogP contribution in [0.1, 0.15) is 35.7 Å². The van der Waals surface area contributed by atoms with Gasteiger partial charge in [0.15, 0.2) is 11.5 Å². The number of para-hydroxylation sites is 1. The Kier molecular flexibility index (Phi) is 4.99. The molecule has 1 amide bonds. The third kappa shape index (κ3) is 3.21. The number of fused-ring (bicyclic) bond motifs is 1. The lowest BCUT2D eigenvalue weighted by Crippen LogP contribution is -2.30. The van der Waals surface area contributed by atoms with Crippen LogP contribution in [-0.4, -0.2) is 36.6 Å². The Bertz CT molecular complexity index is 1010. The highest BCUT2D eigenvalue weighted by molar-refractivity contribution is 5.87. The summed E-state index contributed by atoms with van der Waals surface area (Å²) in [6.07, 6.45) is 2.26. The summed E-state index contributed by atoms with van der Waals surface area (Å²) in [5, 5.41) is 1.22. The number of ether oxygens (including phenoxy) is 2. The monoisotopic (exact) mass is 378 g/mol. The number of hydrogen-bond acceptors (Lipinski definition) is 3. The van der Waals surface area contributed by atoms with Gasteiger partial charge < -0.3 is 19.4 Å². The first-order valence-corrected chi connectivity index (χ1v) is 9.70. The first kappa shape index (κ1) is 18.4. The van der Waals surface area contributed by atoms with Gasteiger partial charge in [0.25, 0.3) is 0 Å². The van der Waals surface area contributed by atoms with E-state index in [2.05, 4.69) is 30.1 Å². The molecule has 5 nitrogen and oxygen atoms in total. The number of carbonyl (C=O) groups is 1. The van der Waals surface area contributed by atoms with Crippen LogP contribution in [0.2, 0.25) is 0 Å². The highest BCUT2D eigenvalue weighted by atomic mass is 16.5. The van der Waals surface area contributed by atoms with Crippen LogP contribution in [0.5, 0.6) is 11.5 Å². The van der Waals surface area contributed by atoms with E-state index in [4.69, 9.17) is 9.47 Å². The van der Waals surface area contributed by atoms with E-state index in [-0.39, 0.29) is 11.9 Å². The summed E-state index contributed by atoms with van der Waals surface area (Å²) in [6.45, 7) is 2.79. The van der Waals surface area contributed by atoms with Crippen LogP contribution in [0.4, 0.5) is 0 Å².